The number of amides is 2. The minimum Gasteiger partial charge on any atom is -0.497 e. The highest BCUT2D eigenvalue weighted by atomic mass is 16.5. The lowest BCUT2D eigenvalue weighted by Gasteiger charge is -2.37. The van der Waals surface area contributed by atoms with Gasteiger partial charge in [-0.05, 0) is 38.1 Å². The molecule has 0 radical (unpaired) electrons. The Morgan fingerprint density at radius 2 is 1.55 bits per heavy atom. The lowest BCUT2D eigenvalue weighted by molar-refractivity contribution is -0.137. The molecule has 6 nitrogen and oxygen atoms in total. The standard InChI is InChI=1S/C16H23N3O3/c1-16(2,17)15(21)19-10-8-18(9-11-19)14(20)12-4-6-13(22-3)7-5-12/h4-7H,8-11,17H2,1-3H3. The van der Waals surface area contributed by atoms with Gasteiger partial charge >= 0.3 is 0 Å². The number of methoxy groups -OCH3 is 1. The zero-order valence-electron chi connectivity index (χ0n) is 13.3. The third-order valence-corrected chi connectivity index (χ3v) is 3.74. The molecule has 1 aliphatic heterocycles. The molecule has 22 heavy (non-hydrogen) atoms. The zero-order chi connectivity index (χ0) is 16.3. The molecule has 0 aromatic heterocycles. The lowest BCUT2D eigenvalue weighted by Crippen LogP contribution is -2.57. The second-order valence-electron chi connectivity index (χ2n) is 6.03. The number of hydrogen-bond acceptors (Lipinski definition) is 4. The predicted octanol–water partition coefficient (Wildman–Crippen LogP) is 0.717. The molecule has 0 saturated carbocycles. The monoisotopic (exact) mass is 305 g/mol. The van der Waals surface area contributed by atoms with E-state index in [2.05, 4.69) is 0 Å². The highest BCUT2D eigenvalue weighted by Gasteiger charge is 2.31. The van der Waals surface area contributed by atoms with Gasteiger partial charge in [-0.25, -0.2) is 0 Å². The third kappa shape index (κ3) is 3.57. The van der Waals surface area contributed by atoms with Crippen LogP contribution in [0.25, 0.3) is 0 Å². The Kier molecular flexibility index (Phi) is 4.71. The van der Waals surface area contributed by atoms with Crippen LogP contribution < -0.4 is 10.5 Å². The van der Waals surface area contributed by atoms with Crippen molar-refractivity contribution in [2.45, 2.75) is 19.4 Å². The number of benzene rings is 1. The Hall–Kier alpha value is -2.08. The Morgan fingerprint density at radius 1 is 1.05 bits per heavy atom. The molecular formula is C16H23N3O3. The fraction of sp³-hybridized carbons (Fsp3) is 0.500. The van der Waals surface area contributed by atoms with Crippen molar-refractivity contribution in [3.63, 3.8) is 0 Å². The Labute approximate surface area is 130 Å². The van der Waals surface area contributed by atoms with E-state index in [0.717, 1.165) is 5.75 Å². The lowest BCUT2D eigenvalue weighted by atomic mass is 10.0. The van der Waals surface area contributed by atoms with Crippen molar-refractivity contribution >= 4 is 11.8 Å². The van der Waals surface area contributed by atoms with Crippen LogP contribution in [-0.2, 0) is 4.79 Å². The predicted molar refractivity (Wildman–Crippen MR) is 83.7 cm³/mol. The molecule has 1 aromatic rings. The summed E-state index contributed by atoms with van der Waals surface area (Å²) in [4.78, 5) is 28.0. The van der Waals surface area contributed by atoms with Crippen LogP contribution in [0.4, 0.5) is 0 Å². The molecule has 0 unspecified atom stereocenters. The van der Waals surface area contributed by atoms with E-state index in [9.17, 15) is 9.59 Å². The van der Waals surface area contributed by atoms with Crippen molar-refractivity contribution in [1.29, 1.82) is 0 Å². The number of nitrogens with two attached hydrogens (primary N) is 1. The van der Waals surface area contributed by atoms with Crippen molar-refractivity contribution in [3.8, 4) is 5.75 Å². The molecule has 120 valence electrons. The Bertz CT molecular complexity index is 541. The molecular weight excluding hydrogens is 282 g/mol. The van der Waals surface area contributed by atoms with Crippen molar-refractivity contribution in [2.24, 2.45) is 5.73 Å². The van der Waals surface area contributed by atoms with Crippen LogP contribution in [0.3, 0.4) is 0 Å². The minimum atomic E-state index is -0.873. The van der Waals surface area contributed by atoms with Crippen LogP contribution in [-0.4, -0.2) is 60.4 Å². The molecule has 1 aliphatic rings. The molecule has 0 atom stereocenters. The van der Waals surface area contributed by atoms with Gasteiger partial charge < -0.3 is 20.3 Å². The number of carbonyl (C=O) groups excluding carboxylic acids is 2. The summed E-state index contributed by atoms with van der Waals surface area (Å²) in [5, 5.41) is 0. The summed E-state index contributed by atoms with van der Waals surface area (Å²) in [7, 11) is 1.59. The fourth-order valence-electron chi connectivity index (χ4n) is 2.44. The van der Waals surface area contributed by atoms with Crippen LogP contribution >= 0.6 is 0 Å². The van der Waals surface area contributed by atoms with Crippen LogP contribution in [0.15, 0.2) is 24.3 Å². The van der Waals surface area contributed by atoms with E-state index in [1.807, 2.05) is 0 Å². The van der Waals surface area contributed by atoms with Gasteiger partial charge in [-0.1, -0.05) is 0 Å². The van der Waals surface area contributed by atoms with Gasteiger partial charge in [0.2, 0.25) is 5.91 Å². The smallest absolute Gasteiger partial charge is 0.253 e. The Balaban J connectivity index is 1.96. The van der Waals surface area contributed by atoms with E-state index in [-0.39, 0.29) is 11.8 Å². The molecule has 1 fully saturated rings. The Morgan fingerprint density at radius 3 is 2.00 bits per heavy atom. The number of carbonyl (C=O) groups is 2. The van der Waals surface area contributed by atoms with Gasteiger partial charge in [-0.15, -0.1) is 0 Å². The quantitative estimate of drug-likeness (QED) is 0.892. The van der Waals surface area contributed by atoms with E-state index in [1.54, 1.807) is 55.0 Å². The first-order chi connectivity index (χ1) is 10.3. The number of nitrogens with zero attached hydrogens (tertiary/aromatic N) is 2. The van der Waals surface area contributed by atoms with E-state index in [0.29, 0.717) is 31.7 Å². The number of rotatable bonds is 3. The summed E-state index contributed by atoms with van der Waals surface area (Å²) in [5.74, 6) is 0.614. The van der Waals surface area contributed by atoms with Crippen LogP contribution in [0.2, 0.25) is 0 Å². The van der Waals surface area contributed by atoms with Crippen LogP contribution in [0.1, 0.15) is 24.2 Å². The maximum absolute atomic E-state index is 12.4. The van der Waals surface area contributed by atoms with Gasteiger partial charge in [0, 0.05) is 31.7 Å². The topological polar surface area (TPSA) is 75.9 Å². The molecule has 6 heteroatoms. The van der Waals surface area contributed by atoms with E-state index >= 15 is 0 Å². The van der Waals surface area contributed by atoms with Gasteiger partial charge in [-0.2, -0.15) is 0 Å². The number of hydrogen-bond donors (Lipinski definition) is 1. The highest BCUT2D eigenvalue weighted by molar-refractivity contribution is 5.94. The van der Waals surface area contributed by atoms with Crippen molar-refractivity contribution in [2.75, 3.05) is 33.3 Å². The molecule has 0 bridgehead atoms. The van der Waals surface area contributed by atoms with Crippen LogP contribution in [0, 0.1) is 0 Å². The third-order valence-electron chi connectivity index (χ3n) is 3.74. The summed E-state index contributed by atoms with van der Waals surface area (Å²) >= 11 is 0. The van der Waals surface area contributed by atoms with E-state index < -0.39 is 5.54 Å². The maximum Gasteiger partial charge on any atom is 0.253 e. The first kappa shape index (κ1) is 16.3. The fourth-order valence-corrected chi connectivity index (χ4v) is 2.44. The van der Waals surface area contributed by atoms with Gasteiger partial charge in [0.25, 0.3) is 5.91 Å². The van der Waals surface area contributed by atoms with Gasteiger partial charge in [0.05, 0.1) is 12.6 Å². The normalized spacial score (nSPS) is 15.6. The maximum atomic E-state index is 12.4. The molecule has 1 heterocycles. The van der Waals surface area contributed by atoms with Crippen molar-refractivity contribution in [1.82, 2.24) is 9.80 Å². The first-order valence-electron chi connectivity index (χ1n) is 7.34. The van der Waals surface area contributed by atoms with Crippen molar-refractivity contribution < 1.29 is 14.3 Å². The number of ether oxygens (including phenoxy) is 1. The highest BCUT2D eigenvalue weighted by Crippen LogP contribution is 2.15. The number of piperazine rings is 1. The summed E-state index contributed by atoms with van der Waals surface area (Å²) in [6.45, 7) is 5.47. The summed E-state index contributed by atoms with van der Waals surface area (Å²) in [6, 6.07) is 7.04. The van der Waals surface area contributed by atoms with E-state index in [4.69, 9.17) is 10.5 Å². The zero-order valence-corrected chi connectivity index (χ0v) is 13.3. The van der Waals surface area contributed by atoms with Crippen molar-refractivity contribution in [3.05, 3.63) is 29.8 Å². The molecule has 0 spiro atoms. The average Bonchev–Trinajstić information content (AvgIpc) is 2.53. The van der Waals surface area contributed by atoms with Gasteiger partial charge in [-0.3, -0.25) is 9.59 Å². The van der Waals surface area contributed by atoms with Gasteiger partial charge in [0.1, 0.15) is 5.75 Å². The van der Waals surface area contributed by atoms with Gasteiger partial charge in [0.15, 0.2) is 0 Å². The molecule has 2 N–H and O–H groups in total. The SMILES string of the molecule is COc1ccc(C(=O)N2CCN(C(=O)C(C)(C)N)CC2)cc1. The van der Waals surface area contributed by atoms with E-state index in [1.165, 1.54) is 0 Å². The molecule has 2 rings (SSSR count). The summed E-state index contributed by atoms with van der Waals surface area (Å²) < 4.78 is 5.09. The molecule has 1 saturated heterocycles. The molecule has 2 amide bonds. The second kappa shape index (κ2) is 6.36. The first-order valence-corrected chi connectivity index (χ1v) is 7.34. The van der Waals surface area contributed by atoms with Crippen LogP contribution in [0.5, 0.6) is 5.75 Å². The largest absolute Gasteiger partial charge is 0.497 e. The summed E-state index contributed by atoms with van der Waals surface area (Å²) in [6.07, 6.45) is 0. The molecule has 1 aromatic carbocycles. The minimum absolute atomic E-state index is 0.0261. The summed E-state index contributed by atoms with van der Waals surface area (Å²) in [5.41, 5.74) is 5.59. The second-order valence-corrected chi connectivity index (χ2v) is 6.03. The molecule has 0 aliphatic carbocycles. The average molecular weight is 305 g/mol.